The lowest BCUT2D eigenvalue weighted by Gasteiger charge is -2.57. The van der Waals surface area contributed by atoms with Crippen molar-refractivity contribution < 1.29 is 9.84 Å². The highest BCUT2D eigenvalue weighted by Gasteiger charge is 2.51. The van der Waals surface area contributed by atoms with Gasteiger partial charge < -0.3 is 14.7 Å². The van der Waals surface area contributed by atoms with Crippen molar-refractivity contribution in [1.29, 1.82) is 0 Å². The molecule has 1 heterocycles. The molecular formula is C25H38N2O2. The van der Waals surface area contributed by atoms with Crippen LogP contribution in [0, 0.1) is 17.8 Å². The Kier molecular flexibility index (Phi) is 5.61. The average molecular weight is 399 g/mol. The zero-order valence-electron chi connectivity index (χ0n) is 18.1. The van der Waals surface area contributed by atoms with E-state index in [0.29, 0.717) is 18.6 Å². The minimum atomic E-state index is -0.425. The highest BCUT2D eigenvalue weighted by atomic mass is 16.5. The molecule has 1 aromatic rings. The maximum absolute atomic E-state index is 10.4. The Bertz CT molecular complexity index is 645. The van der Waals surface area contributed by atoms with Gasteiger partial charge in [0.25, 0.3) is 0 Å². The maximum Gasteiger partial charge on any atom is 0.119 e. The quantitative estimate of drug-likeness (QED) is 0.762. The lowest BCUT2D eigenvalue weighted by molar-refractivity contribution is -0.00522. The Balaban J connectivity index is 1.13. The summed E-state index contributed by atoms with van der Waals surface area (Å²) in [5.41, 5.74) is 1.99. The van der Waals surface area contributed by atoms with Crippen LogP contribution in [-0.2, 0) is 5.41 Å². The van der Waals surface area contributed by atoms with Gasteiger partial charge in [0.15, 0.2) is 0 Å². The van der Waals surface area contributed by atoms with Crippen molar-refractivity contribution in [2.75, 3.05) is 45.9 Å². The van der Waals surface area contributed by atoms with Gasteiger partial charge in [-0.1, -0.05) is 19.1 Å². The number of piperazine rings is 1. The molecule has 0 radical (unpaired) electrons. The number of ether oxygens (including phenoxy) is 1. The van der Waals surface area contributed by atoms with Crippen LogP contribution < -0.4 is 4.74 Å². The van der Waals surface area contributed by atoms with E-state index in [9.17, 15) is 5.11 Å². The van der Waals surface area contributed by atoms with Crippen LogP contribution in [-0.4, -0.2) is 66.9 Å². The summed E-state index contributed by atoms with van der Waals surface area (Å²) in [6, 6.07) is 8.92. The van der Waals surface area contributed by atoms with Crippen LogP contribution in [0.4, 0.5) is 0 Å². The van der Waals surface area contributed by atoms with E-state index in [1.165, 1.54) is 38.5 Å². The van der Waals surface area contributed by atoms with Crippen molar-refractivity contribution in [3.8, 4) is 5.75 Å². The average Bonchev–Trinajstić information content (AvgIpc) is 2.72. The van der Waals surface area contributed by atoms with Gasteiger partial charge in [-0.2, -0.15) is 0 Å². The second-order valence-electron chi connectivity index (χ2n) is 10.4. The van der Waals surface area contributed by atoms with Crippen molar-refractivity contribution >= 4 is 0 Å². The first-order valence-electron chi connectivity index (χ1n) is 12.0. The molecule has 4 bridgehead atoms. The van der Waals surface area contributed by atoms with Gasteiger partial charge in [-0.3, -0.25) is 4.90 Å². The fourth-order valence-corrected chi connectivity index (χ4v) is 7.20. The Morgan fingerprint density at radius 1 is 0.931 bits per heavy atom. The van der Waals surface area contributed by atoms with Gasteiger partial charge in [0.1, 0.15) is 18.5 Å². The van der Waals surface area contributed by atoms with Crippen molar-refractivity contribution in [2.45, 2.75) is 57.0 Å². The smallest absolute Gasteiger partial charge is 0.119 e. The molecule has 4 aliphatic carbocycles. The second-order valence-corrected chi connectivity index (χ2v) is 10.4. The molecule has 1 atom stereocenters. The predicted octanol–water partition coefficient (Wildman–Crippen LogP) is 3.53. The molecule has 0 spiro atoms. The van der Waals surface area contributed by atoms with Gasteiger partial charge in [0.05, 0.1) is 0 Å². The Labute approximate surface area is 176 Å². The molecule has 4 nitrogen and oxygen atoms in total. The molecule has 1 aromatic carbocycles. The first kappa shape index (κ1) is 19.8. The highest BCUT2D eigenvalue weighted by molar-refractivity contribution is 5.34. The van der Waals surface area contributed by atoms with Gasteiger partial charge in [0, 0.05) is 32.7 Å². The predicted molar refractivity (Wildman–Crippen MR) is 116 cm³/mol. The molecule has 1 unspecified atom stereocenters. The number of hydrogen-bond acceptors (Lipinski definition) is 4. The molecule has 5 aliphatic rings. The second kappa shape index (κ2) is 8.20. The van der Waals surface area contributed by atoms with Crippen LogP contribution in [0.3, 0.4) is 0 Å². The minimum absolute atomic E-state index is 0.380. The van der Waals surface area contributed by atoms with E-state index in [0.717, 1.165) is 56.2 Å². The van der Waals surface area contributed by atoms with Crippen molar-refractivity contribution in [3.63, 3.8) is 0 Å². The largest absolute Gasteiger partial charge is 0.491 e. The zero-order chi connectivity index (χ0) is 19.8. The van der Waals surface area contributed by atoms with Gasteiger partial charge >= 0.3 is 0 Å². The first-order valence-corrected chi connectivity index (χ1v) is 12.0. The van der Waals surface area contributed by atoms with E-state index < -0.39 is 6.10 Å². The summed E-state index contributed by atoms with van der Waals surface area (Å²) in [5, 5.41) is 10.4. The standard InChI is InChI=1S/C25H38N2O2/c1-2-26-7-9-27(10-8-26)17-23(28)18-29-24-5-3-22(4-6-24)25-14-19-11-20(15-25)13-21(12-19)16-25/h3-6,19-21,23,28H,2,7-18H2,1H3. The molecule has 0 aromatic heterocycles. The summed E-state index contributed by atoms with van der Waals surface area (Å²) in [4.78, 5) is 4.82. The van der Waals surface area contributed by atoms with Crippen molar-refractivity contribution in [2.24, 2.45) is 17.8 Å². The maximum atomic E-state index is 10.4. The zero-order valence-corrected chi connectivity index (χ0v) is 18.1. The SMILES string of the molecule is CCN1CCN(CC(O)COc2ccc(C34CC5CC(CC(C5)C3)C4)cc2)CC1. The van der Waals surface area contributed by atoms with E-state index in [-0.39, 0.29) is 0 Å². The van der Waals surface area contributed by atoms with Crippen LogP contribution in [0.1, 0.15) is 51.0 Å². The van der Waals surface area contributed by atoms with E-state index in [4.69, 9.17) is 4.74 Å². The molecule has 5 fully saturated rings. The molecule has 4 heteroatoms. The molecule has 1 N–H and O–H groups in total. The lowest BCUT2D eigenvalue weighted by atomic mass is 9.48. The summed E-state index contributed by atoms with van der Waals surface area (Å²) in [6.45, 7) is 8.74. The van der Waals surface area contributed by atoms with Crippen LogP contribution in [0.15, 0.2) is 24.3 Å². The number of aliphatic hydroxyl groups excluding tert-OH is 1. The molecule has 1 aliphatic heterocycles. The first-order chi connectivity index (χ1) is 14.1. The number of hydrogen-bond donors (Lipinski definition) is 1. The normalized spacial score (nSPS) is 35.7. The Morgan fingerprint density at radius 3 is 2.03 bits per heavy atom. The van der Waals surface area contributed by atoms with E-state index in [2.05, 4.69) is 41.0 Å². The van der Waals surface area contributed by atoms with Crippen molar-refractivity contribution in [3.05, 3.63) is 29.8 Å². The van der Waals surface area contributed by atoms with E-state index in [1.54, 1.807) is 5.56 Å². The molecule has 160 valence electrons. The molecular weight excluding hydrogens is 360 g/mol. The fourth-order valence-electron chi connectivity index (χ4n) is 7.20. The van der Waals surface area contributed by atoms with Crippen LogP contribution in [0.2, 0.25) is 0 Å². The molecule has 29 heavy (non-hydrogen) atoms. The van der Waals surface area contributed by atoms with Crippen LogP contribution in [0.25, 0.3) is 0 Å². The third-order valence-electron chi connectivity index (χ3n) is 8.33. The summed E-state index contributed by atoms with van der Waals surface area (Å²) in [6.07, 6.45) is 8.27. The number of likely N-dealkylation sites (N-methyl/N-ethyl adjacent to an activating group) is 1. The number of rotatable bonds is 7. The summed E-state index contributed by atoms with van der Waals surface area (Å²) < 4.78 is 5.94. The summed E-state index contributed by atoms with van der Waals surface area (Å²) in [5.74, 6) is 3.83. The molecule has 4 saturated carbocycles. The number of aliphatic hydroxyl groups is 1. The third-order valence-corrected chi connectivity index (χ3v) is 8.33. The van der Waals surface area contributed by atoms with Crippen molar-refractivity contribution in [1.82, 2.24) is 9.80 Å². The van der Waals surface area contributed by atoms with Gasteiger partial charge in [0.2, 0.25) is 0 Å². The van der Waals surface area contributed by atoms with Gasteiger partial charge in [-0.15, -0.1) is 0 Å². The topological polar surface area (TPSA) is 35.9 Å². The van der Waals surface area contributed by atoms with E-state index in [1.807, 2.05) is 0 Å². The summed E-state index contributed by atoms with van der Waals surface area (Å²) in [7, 11) is 0. The van der Waals surface area contributed by atoms with Crippen LogP contribution >= 0.6 is 0 Å². The molecule has 0 amide bonds. The molecule has 1 saturated heterocycles. The highest BCUT2D eigenvalue weighted by Crippen LogP contribution is 2.60. The number of nitrogens with zero attached hydrogens (tertiary/aromatic N) is 2. The lowest BCUT2D eigenvalue weighted by Crippen LogP contribution is -2.49. The third kappa shape index (κ3) is 4.22. The monoisotopic (exact) mass is 398 g/mol. The fraction of sp³-hybridized carbons (Fsp3) is 0.760. The summed E-state index contributed by atoms with van der Waals surface area (Å²) >= 11 is 0. The van der Waals surface area contributed by atoms with Crippen LogP contribution in [0.5, 0.6) is 5.75 Å². The van der Waals surface area contributed by atoms with Gasteiger partial charge in [-0.25, -0.2) is 0 Å². The number of benzene rings is 1. The number of β-amino-alcohol motifs (C(OH)–C–C–N with tert-alkyl or cyclic N) is 1. The van der Waals surface area contributed by atoms with E-state index >= 15 is 0 Å². The van der Waals surface area contributed by atoms with Gasteiger partial charge in [-0.05, 0) is 85.9 Å². The minimum Gasteiger partial charge on any atom is -0.491 e. The Hall–Kier alpha value is -1.10. The molecule has 6 rings (SSSR count). The Morgan fingerprint density at radius 2 is 1.48 bits per heavy atom.